The van der Waals surface area contributed by atoms with Crippen LogP contribution in [0.2, 0.25) is 0 Å². The van der Waals surface area contributed by atoms with Crippen LogP contribution in [-0.2, 0) is 13.0 Å². The second-order valence-electron chi connectivity index (χ2n) is 6.89. The van der Waals surface area contributed by atoms with Gasteiger partial charge in [-0.1, -0.05) is 6.07 Å². The van der Waals surface area contributed by atoms with Crippen molar-refractivity contribution in [1.29, 1.82) is 0 Å². The molecule has 8 heteroatoms. The minimum absolute atomic E-state index is 0.0231. The van der Waals surface area contributed by atoms with Gasteiger partial charge in [-0.2, -0.15) is 0 Å². The summed E-state index contributed by atoms with van der Waals surface area (Å²) in [4.78, 5) is 31.6. The molecule has 0 unspecified atom stereocenters. The highest BCUT2D eigenvalue weighted by Gasteiger charge is 2.31. The maximum atomic E-state index is 13.9. The van der Waals surface area contributed by atoms with Crippen molar-refractivity contribution in [1.82, 2.24) is 14.5 Å². The zero-order chi connectivity index (χ0) is 19.0. The smallest absolute Gasteiger partial charge is 0.291 e. The molecule has 27 heavy (non-hydrogen) atoms. The van der Waals surface area contributed by atoms with Crippen molar-refractivity contribution in [2.75, 3.05) is 18.4 Å². The third-order valence-electron chi connectivity index (χ3n) is 5.12. The van der Waals surface area contributed by atoms with Gasteiger partial charge in [-0.25, -0.2) is 13.8 Å². The zero-order valence-corrected chi connectivity index (χ0v) is 14.8. The molecule has 0 bridgehead atoms. The molecule has 0 saturated carbocycles. The van der Waals surface area contributed by atoms with Gasteiger partial charge in [0.1, 0.15) is 23.0 Å². The number of hydrogen-bond donors (Lipinski definition) is 1. The van der Waals surface area contributed by atoms with E-state index in [9.17, 15) is 18.4 Å². The van der Waals surface area contributed by atoms with Gasteiger partial charge in [-0.3, -0.25) is 9.59 Å². The van der Waals surface area contributed by atoms with Crippen LogP contribution in [0.1, 0.15) is 52.5 Å². The lowest BCUT2D eigenvalue weighted by Crippen LogP contribution is -2.29. The molecule has 1 aromatic carbocycles. The molecule has 2 aromatic rings. The summed E-state index contributed by atoms with van der Waals surface area (Å²) in [5.41, 5.74) is 0.510. The first-order valence-electron chi connectivity index (χ1n) is 9.20. The van der Waals surface area contributed by atoms with Crippen molar-refractivity contribution in [3.8, 4) is 0 Å². The maximum Gasteiger partial charge on any atom is 0.291 e. The van der Waals surface area contributed by atoms with Crippen molar-refractivity contribution in [3.05, 3.63) is 47.0 Å². The van der Waals surface area contributed by atoms with E-state index in [1.165, 1.54) is 6.07 Å². The van der Waals surface area contributed by atoms with Crippen LogP contribution in [0.4, 0.5) is 14.5 Å². The Hall–Kier alpha value is -2.77. The van der Waals surface area contributed by atoms with Gasteiger partial charge in [0.2, 0.25) is 0 Å². The number of hydrogen-bond acceptors (Lipinski definition) is 3. The average molecular weight is 374 g/mol. The summed E-state index contributed by atoms with van der Waals surface area (Å²) < 4.78 is 29.4. The molecule has 1 N–H and O–H groups in total. The molecule has 0 atom stereocenters. The van der Waals surface area contributed by atoms with Crippen LogP contribution in [0, 0.1) is 11.6 Å². The molecular formula is C19H20F2N4O2. The SMILES string of the molecule is O=C(Nc1c(F)cccc1F)c1nc(C(=O)N2CCCC2)c2n1CCCC2. The Morgan fingerprint density at radius 2 is 1.67 bits per heavy atom. The molecule has 4 rings (SSSR count). The van der Waals surface area contributed by atoms with E-state index >= 15 is 0 Å². The maximum absolute atomic E-state index is 13.9. The van der Waals surface area contributed by atoms with Crippen molar-refractivity contribution in [3.63, 3.8) is 0 Å². The molecule has 142 valence electrons. The number of rotatable bonds is 3. The highest BCUT2D eigenvalue weighted by Crippen LogP contribution is 2.25. The van der Waals surface area contributed by atoms with E-state index in [0.717, 1.165) is 43.5 Å². The number of likely N-dealkylation sites (tertiary alicyclic amines) is 1. The number of fused-ring (bicyclic) bond motifs is 1. The number of amides is 2. The molecule has 1 fully saturated rings. The number of para-hydroxylation sites is 1. The third kappa shape index (κ3) is 3.20. The van der Waals surface area contributed by atoms with E-state index in [1.54, 1.807) is 9.47 Å². The fraction of sp³-hybridized carbons (Fsp3) is 0.421. The van der Waals surface area contributed by atoms with Gasteiger partial charge < -0.3 is 14.8 Å². The molecule has 0 spiro atoms. The molecule has 1 saturated heterocycles. The first-order chi connectivity index (χ1) is 13.1. The summed E-state index contributed by atoms with van der Waals surface area (Å²) >= 11 is 0. The van der Waals surface area contributed by atoms with Crippen LogP contribution in [0.3, 0.4) is 0 Å². The van der Waals surface area contributed by atoms with E-state index < -0.39 is 23.2 Å². The predicted octanol–water partition coefficient (Wildman–Crippen LogP) is 2.99. The van der Waals surface area contributed by atoms with E-state index in [2.05, 4.69) is 10.3 Å². The van der Waals surface area contributed by atoms with Crippen LogP contribution in [0.5, 0.6) is 0 Å². The number of nitrogens with one attached hydrogen (secondary N) is 1. The largest absolute Gasteiger partial charge is 0.337 e. The van der Waals surface area contributed by atoms with Gasteiger partial charge in [0, 0.05) is 19.6 Å². The average Bonchev–Trinajstić information content (AvgIpc) is 3.32. The number of halogens is 2. The lowest BCUT2D eigenvalue weighted by molar-refractivity contribution is 0.0786. The summed E-state index contributed by atoms with van der Waals surface area (Å²) in [6, 6.07) is 3.37. The Morgan fingerprint density at radius 1 is 1.00 bits per heavy atom. The van der Waals surface area contributed by atoms with Crippen LogP contribution in [-0.4, -0.2) is 39.4 Å². The van der Waals surface area contributed by atoms with Crippen molar-refractivity contribution in [2.45, 2.75) is 38.6 Å². The Kier molecular flexibility index (Phi) is 4.63. The van der Waals surface area contributed by atoms with Crippen LogP contribution in [0.15, 0.2) is 18.2 Å². The lowest BCUT2D eigenvalue weighted by Gasteiger charge is -2.19. The van der Waals surface area contributed by atoms with Crippen molar-refractivity contribution in [2.24, 2.45) is 0 Å². The van der Waals surface area contributed by atoms with E-state index in [-0.39, 0.29) is 17.4 Å². The molecule has 6 nitrogen and oxygen atoms in total. The molecule has 3 heterocycles. The third-order valence-corrected chi connectivity index (χ3v) is 5.12. The molecule has 1 aromatic heterocycles. The fourth-order valence-electron chi connectivity index (χ4n) is 3.74. The molecule has 2 aliphatic heterocycles. The Labute approximate surface area is 155 Å². The summed E-state index contributed by atoms with van der Waals surface area (Å²) in [6.45, 7) is 1.93. The van der Waals surface area contributed by atoms with E-state index in [1.807, 2.05) is 0 Å². The van der Waals surface area contributed by atoms with Gasteiger partial charge in [0.15, 0.2) is 5.82 Å². The highest BCUT2D eigenvalue weighted by molar-refractivity contribution is 6.03. The zero-order valence-electron chi connectivity index (χ0n) is 14.8. The van der Waals surface area contributed by atoms with Gasteiger partial charge in [-0.05, 0) is 44.2 Å². The van der Waals surface area contributed by atoms with Crippen molar-refractivity contribution < 1.29 is 18.4 Å². The lowest BCUT2D eigenvalue weighted by atomic mass is 10.1. The molecule has 2 amide bonds. The first-order valence-corrected chi connectivity index (χ1v) is 9.20. The number of anilines is 1. The van der Waals surface area contributed by atoms with Gasteiger partial charge in [0.25, 0.3) is 11.8 Å². The topological polar surface area (TPSA) is 67.2 Å². The minimum atomic E-state index is -0.859. The van der Waals surface area contributed by atoms with Crippen LogP contribution >= 0.6 is 0 Å². The Bertz CT molecular complexity index is 883. The fourth-order valence-corrected chi connectivity index (χ4v) is 3.74. The number of carbonyl (C=O) groups excluding carboxylic acids is 2. The number of nitrogens with zero attached hydrogens (tertiary/aromatic N) is 3. The summed E-state index contributed by atoms with van der Waals surface area (Å²) in [6.07, 6.45) is 4.34. The second kappa shape index (κ2) is 7.09. The summed E-state index contributed by atoms with van der Waals surface area (Å²) in [5.74, 6) is -2.59. The predicted molar refractivity (Wildman–Crippen MR) is 94.6 cm³/mol. The van der Waals surface area contributed by atoms with Gasteiger partial charge >= 0.3 is 0 Å². The summed E-state index contributed by atoms with van der Waals surface area (Å²) in [7, 11) is 0. The summed E-state index contributed by atoms with van der Waals surface area (Å²) in [5, 5.41) is 2.27. The molecule has 0 aliphatic carbocycles. The number of imidazole rings is 1. The molecular weight excluding hydrogens is 354 g/mol. The van der Waals surface area contributed by atoms with Gasteiger partial charge in [-0.15, -0.1) is 0 Å². The second-order valence-corrected chi connectivity index (χ2v) is 6.89. The normalized spacial score (nSPS) is 16.3. The van der Waals surface area contributed by atoms with Crippen LogP contribution in [0.25, 0.3) is 0 Å². The minimum Gasteiger partial charge on any atom is -0.337 e. The Morgan fingerprint density at radius 3 is 2.37 bits per heavy atom. The van der Waals surface area contributed by atoms with Crippen molar-refractivity contribution >= 4 is 17.5 Å². The molecule has 2 aliphatic rings. The molecule has 0 radical (unpaired) electrons. The standard InChI is InChI=1S/C19H20F2N4O2/c20-12-6-5-7-13(21)15(12)23-18(26)17-22-16(14-8-1-2-11-25(14)17)19(27)24-9-3-4-10-24/h5-7H,1-4,8-11H2,(H,23,26). The Balaban J connectivity index is 1.68. The highest BCUT2D eigenvalue weighted by atomic mass is 19.1. The van der Waals surface area contributed by atoms with Crippen LogP contribution < -0.4 is 5.32 Å². The number of carbonyl (C=O) groups is 2. The quantitative estimate of drug-likeness (QED) is 0.898. The van der Waals surface area contributed by atoms with E-state index in [0.29, 0.717) is 26.1 Å². The first kappa shape index (κ1) is 17.6. The van der Waals surface area contributed by atoms with Gasteiger partial charge in [0.05, 0.1) is 5.69 Å². The number of benzene rings is 1. The number of aromatic nitrogens is 2. The van der Waals surface area contributed by atoms with E-state index in [4.69, 9.17) is 0 Å². The monoisotopic (exact) mass is 374 g/mol.